The van der Waals surface area contributed by atoms with Gasteiger partial charge in [-0.3, -0.25) is 9.59 Å². The lowest BCUT2D eigenvalue weighted by Gasteiger charge is -2.17. The van der Waals surface area contributed by atoms with E-state index in [4.69, 9.17) is 4.74 Å². The molecule has 1 heterocycles. The lowest BCUT2D eigenvalue weighted by molar-refractivity contribution is -0.114. The van der Waals surface area contributed by atoms with E-state index in [0.29, 0.717) is 30.2 Å². The number of amides is 1. The zero-order valence-electron chi connectivity index (χ0n) is 17.4. The maximum atomic E-state index is 12.7. The average molecular weight is 419 g/mol. The number of hydrogen-bond acceptors (Lipinski definition) is 3. The van der Waals surface area contributed by atoms with Crippen molar-refractivity contribution in [1.82, 2.24) is 0 Å². The van der Waals surface area contributed by atoms with E-state index in [-0.39, 0.29) is 0 Å². The minimum absolute atomic E-state index is 0.344. The van der Waals surface area contributed by atoms with Crippen LogP contribution in [0.15, 0.2) is 103 Å². The highest BCUT2D eigenvalue weighted by atomic mass is 16.5. The summed E-state index contributed by atoms with van der Waals surface area (Å²) in [6.07, 6.45) is 0. The van der Waals surface area contributed by atoms with E-state index >= 15 is 0 Å². The van der Waals surface area contributed by atoms with Crippen molar-refractivity contribution in [1.29, 1.82) is 0 Å². The van der Waals surface area contributed by atoms with E-state index in [1.54, 1.807) is 18.2 Å². The van der Waals surface area contributed by atoms with Gasteiger partial charge in [0.1, 0.15) is 12.4 Å². The molecule has 0 aliphatic carbocycles. The molecule has 1 amide bonds. The van der Waals surface area contributed by atoms with Gasteiger partial charge in [-0.05, 0) is 40.5 Å². The number of hydrogen-bond donors (Lipinski definition) is 0. The molecule has 0 atom stereocenters. The highest BCUT2D eigenvalue weighted by Gasteiger charge is 2.36. The first-order valence-corrected chi connectivity index (χ1v) is 10.5. The largest absolute Gasteiger partial charge is 0.489 e. The Kier molecular flexibility index (Phi) is 5.26. The van der Waals surface area contributed by atoms with Crippen LogP contribution in [0.2, 0.25) is 0 Å². The first kappa shape index (κ1) is 19.8. The summed E-state index contributed by atoms with van der Waals surface area (Å²) in [5, 5.41) is 0. The Morgan fingerprint density at radius 1 is 0.656 bits per heavy atom. The zero-order valence-corrected chi connectivity index (χ0v) is 17.4. The van der Waals surface area contributed by atoms with Gasteiger partial charge in [0.15, 0.2) is 0 Å². The van der Waals surface area contributed by atoms with Crippen LogP contribution in [0.3, 0.4) is 0 Å². The normalized spacial score (nSPS) is 12.7. The van der Waals surface area contributed by atoms with Crippen molar-refractivity contribution in [3.05, 3.63) is 120 Å². The Hall–Kier alpha value is -4.18. The molecule has 0 saturated carbocycles. The summed E-state index contributed by atoms with van der Waals surface area (Å²) in [5.41, 5.74) is 5.26. The number of benzene rings is 4. The summed E-state index contributed by atoms with van der Waals surface area (Å²) < 4.78 is 5.83. The van der Waals surface area contributed by atoms with Gasteiger partial charge in [-0.1, -0.05) is 84.9 Å². The van der Waals surface area contributed by atoms with Gasteiger partial charge in [-0.15, -0.1) is 0 Å². The van der Waals surface area contributed by atoms with Crippen molar-refractivity contribution in [3.63, 3.8) is 0 Å². The zero-order chi connectivity index (χ0) is 21.9. The van der Waals surface area contributed by atoms with Crippen LogP contribution < -0.4 is 9.64 Å². The molecule has 32 heavy (non-hydrogen) atoms. The minimum Gasteiger partial charge on any atom is -0.489 e. The molecule has 0 unspecified atom stereocenters. The van der Waals surface area contributed by atoms with Gasteiger partial charge >= 0.3 is 0 Å². The van der Waals surface area contributed by atoms with Crippen LogP contribution >= 0.6 is 0 Å². The summed E-state index contributed by atoms with van der Waals surface area (Å²) in [5.74, 6) is -0.429. The molecule has 0 radical (unpaired) electrons. The Morgan fingerprint density at radius 3 is 2.03 bits per heavy atom. The molecule has 0 fully saturated rings. The summed E-state index contributed by atoms with van der Waals surface area (Å²) in [6, 6.07) is 33.3. The molecule has 0 saturated heterocycles. The predicted molar refractivity (Wildman–Crippen MR) is 125 cm³/mol. The Morgan fingerprint density at radius 2 is 1.31 bits per heavy atom. The van der Waals surface area contributed by atoms with E-state index in [2.05, 4.69) is 12.1 Å². The second-order valence-electron chi connectivity index (χ2n) is 7.74. The second kappa shape index (κ2) is 8.52. The molecule has 1 aliphatic heterocycles. The highest BCUT2D eigenvalue weighted by molar-refractivity contribution is 6.52. The molecule has 1 aliphatic rings. The van der Waals surface area contributed by atoms with Gasteiger partial charge in [0, 0.05) is 0 Å². The van der Waals surface area contributed by atoms with Gasteiger partial charge in [-0.2, -0.15) is 0 Å². The first-order chi connectivity index (χ1) is 15.7. The van der Waals surface area contributed by atoms with Crippen LogP contribution in [0.1, 0.15) is 21.5 Å². The molecule has 0 bridgehead atoms. The third-order valence-electron chi connectivity index (χ3n) is 5.59. The maximum Gasteiger partial charge on any atom is 0.299 e. The van der Waals surface area contributed by atoms with Crippen molar-refractivity contribution < 1.29 is 14.3 Å². The van der Waals surface area contributed by atoms with E-state index in [9.17, 15) is 9.59 Å². The van der Waals surface area contributed by atoms with E-state index in [1.807, 2.05) is 72.8 Å². The smallest absolute Gasteiger partial charge is 0.299 e. The maximum absolute atomic E-state index is 12.7. The number of ether oxygens (including phenoxy) is 1. The first-order valence-electron chi connectivity index (χ1n) is 10.5. The topological polar surface area (TPSA) is 46.6 Å². The summed E-state index contributed by atoms with van der Waals surface area (Å²) in [7, 11) is 0. The fourth-order valence-corrected chi connectivity index (χ4v) is 3.88. The highest BCUT2D eigenvalue weighted by Crippen LogP contribution is 2.33. The summed E-state index contributed by atoms with van der Waals surface area (Å²) in [4.78, 5) is 26.8. The van der Waals surface area contributed by atoms with E-state index < -0.39 is 11.7 Å². The SMILES string of the molecule is O=C1C(=O)N(Cc2ccc(-c3ccccc3)cc2)c2ccc(OCc3ccccc3)cc21. The fraction of sp³-hybridized carbons (Fsp3) is 0.0714. The molecule has 0 aromatic heterocycles. The standard InChI is InChI=1S/C28H21NO3/c30-27-25-17-24(32-19-21-7-3-1-4-8-21)15-16-26(25)29(28(27)31)18-20-11-13-23(14-12-20)22-9-5-2-6-10-22/h1-17H,18-19H2. The van der Waals surface area contributed by atoms with Crippen molar-refractivity contribution in [3.8, 4) is 16.9 Å². The molecule has 0 spiro atoms. The van der Waals surface area contributed by atoms with Crippen LogP contribution in [-0.2, 0) is 17.9 Å². The van der Waals surface area contributed by atoms with Crippen LogP contribution in [0.5, 0.6) is 5.75 Å². The Bertz CT molecular complexity index is 1270. The number of nitrogens with zero attached hydrogens (tertiary/aromatic N) is 1. The van der Waals surface area contributed by atoms with Crippen LogP contribution in [0.25, 0.3) is 11.1 Å². The lowest BCUT2D eigenvalue weighted by Crippen LogP contribution is -2.29. The van der Waals surface area contributed by atoms with E-state index in [0.717, 1.165) is 22.3 Å². The van der Waals surface area contributed by atoms with Gasteiger partial charge in [0.25, 0.3) is 11.7 Å². The van der Waals surface area contributed by atoms with Gasteiger partial charge in [0.05, 0.1) is 17.8 Å². The van der Waals surface area contributed by atoms with Crippen LogP contribution in [0, 0.1) is 0 Å². The number of Topliss-reactive ketones (excluding diaryl/α,β-unsaturated/α-hetero) is 1. The van der Waals surface area contributed by atoms with Gasteiger partial charge in [-0.25, -0.2) is 0 Å². The lowest BCUT2D eigenvalue weighted by atomic mass is 10.0. The average Bonchev–Trinajstić information content (AvgIpc) is 3.09. The third kappa shape index (κ3) is 3.91. The summed E-state index contributed by atoms with van der Waals surface area (Å²) in [6.45, 7) is 0.746. The van der Waals surface area contributed by atoms with E-state index in [1.165, 1.54) is 4.90 Å². The minimum atomic E-state index is -0.507. The number of fused-ring (bicyclic) bond motifs is 1. The molecule has 5 rings (SSSR count). The Balaban J connectivity index is 1.33. The fourth-order valence-electron chi connectivity index (χ4n) is 3.88. The van der Waals surface area contributed by atoms with Crippen molar-refractivity contribution in [2.24, 2.45) is 0 Å². The van der Waals surface area contributed by atoms with Crippen molar-refractivity contribution >= 4 is 17.4 Å². The molecule has 4 aromatic rings. The molecule has 4 aromatic carbocycles. The molecule has 4 heteroatoms. The number of ketones is 1. The molecule has 156 valence electrons. The molecule has 0 N–H and O–H groups in total. The summed E-state index contributed by atoms with van der Waals surface area (Å²) >= 11 is 0. The molecular weight excluding hydrogens is 398 g/mol. The third-order valence-corrected chi connectivity index (χ3v) is 5.59. The van der Waals surface area contributed by atoms with Crippen LogP contribution in [-0.4, -0.2) is 11.7 Å². The number of carbonyl (C=O) groups excluding carboxylic acids is 2. The molecular formula is C28H21NO3. The van der Waals surface area contributed by atoms with Gasteiger partial charge < -0.3 is 9.64 Å². The molecule has 4 nitrogen and oxygen atoms in total. The number of carbonyl (C=O) groups is 2. The van der Waals surface area contributed by atoms with Gasteiger partial charge in [0.2, 0.25) is 0 Å². The quantitative estimate of drug-likeness (QED) is 0.379. The Labute approximate surface area is 186 Å². The van der Waals surface area contributed by atoms with Crippen molar-refractivity contribution in [2.45, 2.75) is 13.2 Å². The predicted octanol–water partition coefficient (Wildman–Crippen LogP) is 5.66. The number of anilines is 1. The number of rotatable bonds is 6. The van der Waals surface area contributed by atoms with Crippen molar-refractivity contribution in [2.75, 3.05) is 4.90 Å². The van der Waals surface area contributed by atoms with Crippen LogP contribution in [0.4, 0.5) is 5.69 Å². The second-order valence-corrected chi connectivity index (χ2v) is 7.74. The monoisotopic (exact) mass is 419 g/mol.